The minimum atomic E-state index is 0.516. The lowest BCUT2D eigenvalue weighted by Crippen LogP contribution is -2.21. The van der Waals surface area contributed by atoms with Crippen molar-refractivity contribution in [2.75, 3.05) is 0 Å². The van der Waals surface area contributed by atoms with Crippen molar-refractivity contribution in [3.05, 3.63) is 36.0 Å². The average Bonchev–Trinajstić information content (AvgIpc) is 2.79. The van der Waals surface area contributed by atoms with Gasteiger partial charge in [-0.05, 0) is 30.0 Å². The first-order valence-corrected chi connectivity index (χ1v) is 6.91. The average molecular weight is 254 g/mol. The highest BCUT2D eigenvalue weighted by Crippen LogP contribution is 2.18. The van der Waals surface area contributed by atoms with Crippen LogP contribution in [0.1, 0.15) is 32.8 Å². The minimum Gasteiger partial charge on any atom is -0.347 e. The Morgan fingerprint density at radius 3 is 2.84 bits per heavy atom. The maximum atomic E-state index is 3.46. The number of nitrogens with zero attached hydrogens (tertiary/aromatic N) is 1. The Bertz CT molecular complexity index is 596. The molecule has 2 rings (SSSR count). The number of aryl methyl sites for hydroxylation is 1. The minimum absolute atomic E-state index is 0.516. The molecule has 0 aliphatic heterocycles. The third-order valence-corrected chi connectivity index (χ3v) is 3.21. The second-order valence-electron chi connectivity index (χ2n) is 5.11. The van der Waals surface area contributed by atoms with Gasteiger partial charge < -0.3 is 9.88 Å². The third-order valence-electron chi connectivity index (χ3n) is 3.21. The molecule has 0 radical (unpaired) electrons. The zero-order valence-corrected chi connectivity index (χ0v) is 12.0. The Kier molecular flexibility index (Phi) is 4.65. The first kappa shape index (κ1) is 13.7. The first-order valence-electron chi connectivity index (χ1n) is 6.91. The standard InChI is InChI=1S/C17H22N2/c1-4-5-6-10-19-11-9-16-8-7-15(12-17(16)19)13-18-14(2)3/h7-9,11-12,14,18H,6,10,13H2,1-3H3. The van der Waals surface area contributed by atoms with Crippen LogP contribution in [0.2, 0.25) is 0 Å². The van der Waals surface area contributed by atoms with Gasteiger partial charge in [0.15, 0.2) is 0 Å². The predicted molar refractivity (Wildman–Crippen MR) is 82.0 cm³/mol. The molecule has 0 fully saturated rings. The molecule has 1 N–H and O–H groups in total. The van der Waals surface area contributed by atoms with Gasteiger partial charge in [0.25, 0.3) is 0 Å². The van der Waals surface area contributed by atoms with Crippen LogP contribution in [0.4, 0.5) is 0 Å². The fourth-order valence-electron chi connectivity index (χ4n) is 2.16. The summed E-state index contributed by atoms with van der Waals surface area (Å²) in [7, 11) is 0. The maximum Gasteiger partial charge on any atom is 0.0483 e. The lowest BCUT2D eigenvalue weighted by atomic mass is 10.1. The van der Waals surface area contributed by atoms with Gasteiger partial charge >= 0.3 is 0 Å². The van der Waals surface area contributed by atoms with Gasteiger partial charge in [-0.2, -0.15) is 0 Å². The summed E-state index contributed by atoms with van der Waals surface area (Å²) in [5, 5.41) is 4.76. The summed E-state index contributed by atoms with van der Waals surface area (Å²) in [6, 6.07) is 9.38. The van der Waals surface area contributed by atoms with E-state index >= 15 is 0 Å². The topological polar surface area (TPSA) is 17.0 Å². The maximum absolute atomic E-state index is 3.46. The van der Waals surface area contributed by atoms with Gasteiger partial charge in [-0.25, -0.2) is 0 Å². The van der Waals surface area contributed by atoms with Crippen molar-refractivity contribution in [3.63, 3.8) is 0 Å². The monoisotopic (exact) mass is 254 g/mol. The summed E-state index contributed by atoms with van der Waals surface area (Å²) in [4.78, 5) is 0. The van der Waals surface area contributed by atoms with Crippen molar-refractivity contribution >= 4 is 10.9 Å². The first-order chi connectivity index (χ1) is 9.20. The van der Waals surface area contributed by atoms with E-state index in [9.17, 15) is 0 Å². The van der Waals surface area contributed by atoms with E-state index in [1.54, 1.807) is 0 Å². The van der Waals surface area contributed by atoms with Gasteiger partial charge in [0, 0.05) is 37.3 Å². The molecule has 2 heteroatoms. The number of rotatable bonds is 5. The van der Waals surface area contributed by atoms with E-state index in [1.165, 1.54) is 16.5 Å². The highest BCUT2D eigenvalue weighted by molar-refractivity contribution is 5.80. The zero-order chi connectivity index (χ0) is 13.7. The van der Waals surface area contributed by atoms with Crippen molar-refractivity contribution < 1.29 is 0 Å². The molecule has 0 aliphatic rings. The number of nitrogens with one attached hydrogen (secondary N) is 1. The molecule has 2 nitrogen and oxygen atoms in total. The molecule has 0 saturated heterocycles. The van der Waals surface area contributed by atoms with Crippen LogP contribution in [-0.2, 0) is 13.1 Å². The number of benzene rings is 1. The zero-order valence-electron chi connectivity index (χ0n) is 12.0. The largest absolute Gasteiger partial charge is 0.347 e. The number of aromatic nitrogens is 1. The summed E-state index contributed by atoms with van der Waals surface area (Å²) >= 11 is 0. The van der Waals surface area contributed by atoms with Gasteiger partial charge in [0.2, 0.25) is 0 Å². The molecule has 0 saturated carbocycles. The van der Waals surface area contributed by atoms with E-state index in [0.717, 1.165) is 19.5 Å². The Morgan fingerprint density at radius 2 is 2.11 bits per heavy atom. The molecule has 0 spiro atoms. The van der Waals surface area contributed by atoms with Crippen molar-refractivity contribution in [2.24, 2.45) is 0 Å². The van der Waals surface area contributed by atoms with E-state index in [4.69, 9.17) is 0 Å². The molecular formula is C17H22N2. The van der Waals surface area contributed by atoms with E-state index in [-0.39, 0.29) is 0 Å². The lowest BCUT2D eigenvalue weighted by molar-refractivity contribution is 0.589. The fraction of sp³-hybridized carbons (Fsp3) is 0.412. The van der Waals surface area contributed by atoms with Crippen molar-refractivity contribution in [1.29, 1.82) is 0 Å². The van der Waals surface area contributed by atoms with Gasteiger partial charge in [-0.15, -0.1) is 11.8 Å². The summed E-state index contributed by atoms with van der Waals surface area (Å²) in [5.41, 5.74) is 2.64. The Morgan fingerprint density at radius 1 is 1.26 bits per heavy atom. The second kappa shape index (κ2) is 6.45. The van der Waals surface area contributed by atoms with Crippen LogP contribution >= 0.6 is 0 Å². The SMILES string of the molecule is CC#CCCn1ccc2ccc(CNC(C)C)cc21. The molecule has 0 unspecified atom stereocenters. The molecule has 1 heterocycles. The molecular weight excluding hydrogens is 232 g/mol. The van der Waals surface area contributed by atoms with E-state index in [1.807, 2.05) is 6.92 Å². The molecule has 19 heavy (non-hydrogen) atoms. The fourth-order valence-corrected chi connectivity index (χ4v) is 2.16. The summed E-state index contributed by atoms with van der Waals surface area (Å²) in [6.45, 7) is 8.12. The summed E-state index contributed by atoms with van der Waals surface area (Å²) in [6.07, 6.45) is 3.07. The molecule has 0 atom stereocenters. The van der Waals surface area contributed by atoms with Gasteiger partial charge in [-0.1, -0.05) is 26.0 Å². The van der Waals surface area contributed by atoms with E-state index in [2.05, 4.69) is 66.0 Å². The van der Waals surface area contributed by atoms with Crippen LogP contribution in [0.3, 0.4) is 0 Å². The lowest BCUT2D eigenvalue weighted by Gasteiger charge is -2.09. The number of hydrogen-bond acceptors (Lipinski definition) is 1. The van der Waals surface area contributed by atoms with E-state index in [0.29, 0.717) is 6.04 Å². The predicted octanol–water partition coefficient (Wildman–Crippen LogP) is 3.55. The quantitative estimate of drug-likeness (QED) is 0.807. The van der Waals surface area contributed by atoms with Crippen LogP contribution in [0.25, 0.3) is 10.9 Å². The van der Waals surface area contributed by atoms with E-state index < -0.39 is 0 Å². The van der Waals surface area contributed by atoms with Crippen molar-refractivity contribution in [2.45, 2.75) is 46.3 Å². The van der Waals surface area contributed by atoms with Gasteiger partial charge in [0.05, 0.1) is 0 Å². The normalized spacial score (nSPS) is 10.7. The van der Waals surface area contributed by atoms with Crippen molar-refractivity contribution in [1.82, 2.24) is 9.88 Å². The molecule has 1 aromatic carbocycles. The Labute approximate surface area is 115 Å². The van der Waals surface area contributed by atoms with Crippen LogP contribution in [-0.4, -0.2) is 10.6 Å². The van der Waals surface area contributed by atoms with Crippen LogP contribution in [0.15, 0.2) is 30.5 Å². The molecule has 2 aromatic rings. The van der Waals surface area contributed by atoms with Crippen LogP contribution in [0.5, 0.6) is 0 Å². The number of fused-ring (bicyclic) bond motifs is 1. The molecule has 1 aromatic heterocycles. The highest BCUT2D eigenvalue weighted by Gasteiger charge is 2.02. The number of hydrogen-bond donors (Lipinski definition) is 1. The van der Waals surface area contributed by atoms with Gasteiger partial charge in [-0.3, -0.25) is 0 Å². The van der Waals surface area contributed by atoms with Crippen LogP contribution in [0, 0.1) is 11.8 Å². The molecule has 0 amide bonds. The molecule has 0 bridgehead atoms. The highest BCUT2D eigenvalue weighted by atomic mass is 14.9. The summed E-state index contributed by atoms with van der Waals surface area (Å²) < 4.78 is 2.29. The smallest absolute Gasteiger partial charge is 0.0483 e. The second-order valence-corrected chi connectivity index (χ2v) is 5.11. The summed E-state index contributed by atoms with van der Waals surface area (Å²) in [5.74, 6) is 6.07. The van der Waals surface area contributed by atoms with Crippen molar-refractivity contribution in [3.8, 4) is 11.8 Å². The Balaban J connectivity index is 2.18. The molecule has 0 aliphatic carbocycles. The molecule has 100 valence electrons. The third kappa shape index (κ3) is 3.62. The van der Waals surface area contributed by atoms with Gasteiger partial charge in [0.1, 0.15) is 0 Å². The Hall–Kier alpha value is -1.72. The van der Waals surface area contributed by atoms with Crippen LogP contribution < -0.4 is 5.32 Å².